The van der Waals surface area contributed by atoms with Crippen molar-refractivity contribution >= 4 is 16.9 Å². The summed E-state index contributed by atoms with van der Waals surface area (Å²) in [7, 11) is 0. The molecule has 2 aromatic heterocycles. The fourth-order valence-electron chi connectivity index (χ4n) is 1.89. The van der Waals surface area contributed by atoms with E-state index >= 15 is 0 Å². The monoisotopic (exact) mass is 243 g/mol. The molecular weight excluding hydrogens is 234 g/mol. The third-order valence-corrected chi connectivity index (χ3v) is 2.79. The number of furan rings is 1. The molecule has 1 aromatic carbocycles. The van der Waals surface area contributed by atoms with Crippen molar-refractivity contribution in [2.24, 2.45) is 0 Å². The number of carboxylic acid groups (broad SMARTS) is 1. The predicted octanol–water partition coefficient (Wildman–Crippen LogP) is 3.09. The van der Waals surface area contributed by atoms with E-state index in [2.05, 4.69) is 5.16 Å². The molecule has 90 valence electrons. The highest BCUT2D eigenvalue weighted by atomic mass is 16.5. The molecule has 1 N–H and O–H groups in total. The van der Waals surface area contributed by atoms with Gasteiger partial charge in [0.1, 0.15) is 11.3 Å². The molecule has 5 nitrogen and oxygen atoms in total. The largest absolute Gasteiger partial charge is 0.475 e. The first-order chi connectivity index (χ1) is 8.66. The average molecular weight is 243 g/mol. The van der Waals surface area contributed by atoms with Crippen molar-refractivity contribution in [3.63, 3.8) is 0 Å². The highest BCUT2D eigenvalue weighted by Crippen LogP contribution is 2.31. The van der Waals surface area contributed by atoms with Gasteiger partial charge >= 0.3 is 5.97 Å². The Balaban J connectivity index is 2.21. The molecule has 3 rings (SSSR count). The highest BCUT2D eigenvalue weighted by molar-refractivity contribution is 5.94. The number of rotatable bonds is 2. The topological polar surface area (TPSA) is 76.5 Å². The number of nitrogens with zero attached hydrogens (tertiary/aromatic N) is 1. The quantitative estimate of drug-likeness (QED) is 0.748. The van der Waals surface area contributed by atoms with Crippen LogP contribution in [0.4, 0.5) is 0 Å². The smallest absolute Gasteiger partial charge is 0.374 e. The maximum absolute atomic E-state index is 10.8. The minimum Gasteiger partial charge on any atom is -0.475 e. The number of carboxylic acids is 1. The number of carbonyl (C=O) groups is 1. The molecule has 0 bridgehead atoms. The lowest BCUT2D eigenvalue weighted by atomic mass is 10.1. The van der Waals surface area contributed by atoms with Crippen molar-refractivity contribution in [2.45, 2.75) is 6.92 Å². The van der Waals surface area contributed by atoms with Crippen LogP contribution in [0.5, 0.6) is 0 Å². The minimum absolute atomic E-state index is 0.190. The van der Waals surface area contributed by atoms with Crippen LogP contribution < -0.4 is 0 Å². The molecule has 5 heteroatoms. The van der Waals surface area contributed by atoms with Gasteiger partial charge in [0.15, 0.2) is 0 Å². The van der Waals surface area contributed by atoms with Crippen LogP contribution in [0.2, 0.25) is 0 Å². The summed E-state index contributed by atoms with van der Waals surface area (Å²) in [5.41, 5.74) is 2.87. The number of benzene rings is 1. The summed E-state index contributed by atoms with van der Waals surface area (Å²) in [6.07, 6.45) is 1.66. The van der Waals surface area contributed by atoms with Crippen molar-refractivity contribution in [2.75, 3.05) is 0 Å². The minimum atomic E-state index is -1.14. The molecule has 0 fully saturated rings. The van der Waals surface area contributed by atoms with Crippen molar-refractivity contribution in [1.29, 1.82) is 0 Å². The molecule has 18 heavy (non-hydrogen) atoms. The summed E-state index contributed by atoms with van der Waals surface area (Å²) in [4.78, 5) is 10.8. The highest BCUT2D eigenvalue weighted by Gasteiger charge is 2.16. The van der Waals surface area contributed by atoms with E-state index in [1.165, 1.54) is 6.07 Å². The molecule has 0 radical (unpaired) electrons. The fraction of sp³-hybridized carbons (Fsp3) is 0.0769. The van der Waals surface area contributed by atoms with Gasteiger partial charge in [-0.15, -0.1) is 0 Å². The Morgan fingerprint density at radius 2 is 2.22 bits per heavy atom. The average Bonchev–Trinajstić information content (AvgIpc) is 2.97. The van der Waals surface area contributed by atoms with Gasteiger partial charge in [0, 0.05) is 17.0 Å². The van der Waals surface area contributed by atoms with Gasteiger partial charge in [-0.3, -0.25) is 0 Å². The molecule has 0 unspecified atom stereocenters. The molecule has 0 spiro atoms. The summed E-state index contributed by atoms with van der Waals surface area (Å²) in [5.74, 6) is -1.33. The Labute approximate surface area is 102 Å². The SMILES string of the molecule is Cc1coc2c(-c3cc(C(=O)O)on3)cccc12. The number of hydrogen-bond donors (Lipinski definition) is 1. The zero-order chi connectivity index (χ0) is 12.7. The molecule has 0 amide bonds. The summed E-state index contributed by atoms with van der Waals surface area (Å²) in [6, 6.07) is 7.01. The van der Waals surface area contributed by atoms with Gasteiger partial charge in [-0.25, -0.2) is 4.79 Å². The second-order valence-corrected chi connectivity index (χ2v) is 3.98. The summed E-state index contributed by atoms with van der Waals surface area (Å²) in [6.45, 7) is 1.95. The van der Waals surface area contributed by atoms with Crippen LogP contribution in [-0.2, 0) is 0 Å². The Morgan fingerprint density at radius 3 is 2.94 bits per heavy atom. The molecule has 0 aliphatic carbocycles. The summed E-state index contributed by atoms with van der Waals surface area (Å²) >= 11 is 0. The summed E-state index contributed by atoms with van der Waals surface area (Å²) < 4.78 is 10.2. The Bertz CT molecular complexity index is 738. The molecule has 2 heterocycles. The van der Waals surface area contributed by atoms with Crippen LogP contribution in [0, 0.1) is 6.92 Å². The normalized spacial score (nSPS) is 10.9. The van der Waals surface area contributed by atoms with E-state index in [1.807, 2.05) is 25.1 Å². The van der Waals surface area contributed by atoms with Crippen LogP contribution in [0.3, 0.4) is 0 Å². The van der Waals surface area contributed by atoms with Gasteiger partial charge in [0.05, 0.1) is 6.26 Å². The number of fused-ring (bicyclic) bond motifs is 1. The van der Waals surface area contributed by atoms with Crippen LogP contribution in [0.25, 0.3) is 22.2 Å². The lowest BCUT2D eigenvalue weighted by Gasteiger charge is -1.96. The van der Waals surface area contributed by atoms with Crippen LogP contribution in [0.1, 0.15) is 16.1 Å². The zero-order valence-electron chi connectivity index (χ0n) is 9.51. The third-order valence-electron chi connectivity index (χ3n) is 2.79. The second-order valence-electron chi connectivity index (χ2n) is 3.98. The molecular formula is C13H9NO4. The maximum atomic E-state index is 10.8. The first-order valence-electron chi connectivity index (χ1n) is 5.34. The van der Waals surface area contributed by atoms with Gasteiger partial charge < -0.3 is 14.0 Å². The number of aromatic carboxylic acids is 1. The Hall–Kier alpha value is -2.56. The number of hydrogen-bond acceptors (Lipinski definition) is 4. The van der Waals surface area contributed by atoms with Gasteiger partial charge in [-0.2, -0.15) is 0 Å². The van der Waals surface area contributed by atoms with Gasteiger partial charge in [0.25, 0.3) is 0 Å². The molecule has 3 aromatic rings. The van der Waals surface area contributed by atoms with Gasteiger partial charge in [-0.05, 0) is 18.6 Å². The molecule has 0 aliphatic heterocycles. The van der Waals surface area contributed by atoms with E-state index in [0.717, 1.165) is 16.5 Å². The van der Waals surface area contributed by atoms with Crippen LogP contribution in [0.15, 0.2) is 39.5 Å². The lowest BCUT2D eigenvalue weighted by molar-refractivity contribution is 0.0652. The van der Waals surface area contributed by atoms with E-state index in [1.54, 1.807) is 6.26 Å². The van der Waals surface area contributed by atoms with Crippen molar-refractivity contribution in [3.8, 4) is 11.3 Å². The van der Waals surface area contributed by atoms with Crippen molar-refractivity contribution in [3.05, 3.63) is 41.9 Å². The Morgan fingerprint density at radius 1 is 1.39 bits per heavy atom. The second kappa shape index (κ2) is 3.73. The standard InChI is InChI=1S/C13H9NO4/c1-7-6-17-12-8(7)3-2-4-9(12)10-5-11(13(15)16)18-14-10/h2-6H,1H3,(H,15,16). The van der Waals surface area contributed by atoms with Gasteiger partial charge in [-0.1, -0.05) is 17.3 Å². The fourth-order valence-corrected chi connectivity index (χ4v) is 1.89. The molecule has 0 saturated heterocycles. The third kappa shape index (κ3) is 1.48. The zero-order valence-corrected chi connectivity index (χ0v) is 9.51. The van der Waals surface area contributed by atoms with E-state index in [9.17, 15) is 4.79 Å². The number of aryl methyl sites for hydroxylation is 1. The first kappa shape index (κ1) is 10.6. The van der Waals surface area contributed by atoms with Crippen molar-refractivity contribution in [1.82, 2.24) is 5.16 Å². The predicted molar refractivity (Wildman–Crippen MR) is 63.4 cm³/mol. The maximum Gasteiger partial charge on any atom is 0.374 e. The Kier molecular flexibility index (Phi) is 2.19. The number of para-hydroxylation sites is 1. The molecule has 0 atom stereocenters. The first-order valence-corrected chi connectivity index (χ1v) is 5.34. The van der Waals surface area contributed by atoms with E-state index < -0.39 is 5.97 Å². The van der Waals surface area contributed by atoms with Gasteiger partial charge in [0.2, 0.25) is 5.76 Å². The number of aromatic nitrogens is 1. The van der Waals surface area contributed by atoms with E-state index in [4.69, 9.17) is 14.0 Å². The van der Waals surface area contributed by atoms with E-state index in [-0.39, 0.29) is 5.76 Å². The summed E-state index contributed by atoms with van der Waals surface area (Å²) in [5, 5.41) is 13.5. The molecule has 0 aliphatic rings. The molecule has 0 saturated carbocycles. The van der Waals surface area contributed by atoms with Crippen LogP contribution in [-0.4, -0.2) is 16.2 Å². The van der Waals surface area contributed by atoms with Crippen LogP contribution >= 0.6 is 0 Å². The van der Waals surface area contributed by atoms with Crippen molar-refractivity contribution < 1.29 is 18.8 Å². The lowest BCUT2D eigenvalue weighted by Crippen LogP contribution is -1.91. The van der Waals surface area contributed by atoms with E-state index in [0.29, 0.717) is 11.3 Å².